The second-order valence-electron chi connectivity index (χ2n) is 10.0. The Hall–Kier alpha value is -4.34. The average Bonchev–Trinajstić information content (AvgIpc) is 3.44. The minimum atomic E-state index is -4.00. The number of anilines is 2. The van der Waals surface area contributed by atoms with Crippen LogP contribution in [-0.2, 0) is 35.4 Å². The number of rotatable bonds is 10. The van der Waals surface area contributed by atoms with Crippen molar-refractivity contribution in [2.75, 3.05) is 17.6 Å². The van der Waals surface area contributed by atoms with Crippen LogP contribution in [0.15, 0.2) is 101 Å². The molecule has 1 unspecified atom stereocenters. The van der Waals surface area contributed by atoms with Crippen LogP contribution in [0.5, 0.6) is 0 Å². The number of benzene rings is 3. The Morgan fingerprint density at radius 1 is 0.955 bits per heavy atom. The van der Waals surface area contributed by atoms with Crippen LogP contribution < -0.4 is 20.9 Å². The number of hydrogen-bond acceptors (Lipinski definition) is 9. The molecule has 1 aliphatic rings. The van der Waals surface area contributed by atoms with Gasteiger partial charge in [-0.05, 0) is 35.9 Å². The Labute approximate surface area is 259 Å². The Balaban J connectivity index is 1.39. The van der Waals surface area contributed by atoms with E-state index in [0.29, 0.717) is 38.7 Å². The predicted molar refractivity (Wildman–Crippen MR) is 168 cm³/mol. The third kappa shape index (κ3) is 7.06. The van der Waals surface area contributed by atoms with E-state index in [2.05, 4.69) is 20.2 Å². The van der Waals surface area contributed by atoms with Crippen LogP contribution in [0, 0.1) is 0 Å². The maximum atomic E-state index is 13.7. The summed E-state index contributed by atoms with van der Waals surface area (Å²) in [5.41, 5.74) is 6.70. The molecular weight excluding hydrogens is 628 g/mol. The van der Waals surface area contributed by atoms with Crippen molar-refractivity contribution in [3.05, 3.63) is 107 Å². The number of nitrogen functional groups attached to an aromatic ring is 1. The number of nitrogens with zero attached hydrogens (tertiary/aromatic N) is 2. The normalized spacial score (nSPS) is 16.6. The molecule has 44 heavy (non-hydrogen) atoms. The lowest BCUT2D eigenvalue weighted by Crippen LogP contribution is -2.52. The molecule has 3 aromatic carbocycles. The largest absolute Gasteiger partial charge is 0.398 e. The summed E-state index contributed by atoms with van der Waals surface area (Å²) in [4.78, 5) is 23.6. The number of primary sulfonamides is 1. The maximum absolute atomic E-state index is 13.7. The van der Waals surface area contributed by atoms with Crippen molar-refractivity contribution in [3.63, 3.8) is 0 Å². The molecule has 15 heteroatoms. The lowest BCUT2D eigenvalue weighted by Gasteiger charge is -2.25. The lowest BCUT2D eigenvalue weighted by atomic mass is 9.93. The van der Waals surface area contributed by atoms with Crippen LogP contribution in [0.3, 0.4) is 0 Å². The Bertz CT molecular complexity index is 1960. The highest BCUT2D eigenvalue weighted by Gasteiger charge is 2.48. The zero-order chi connectivity index (χ0) is 31.5. The quantitative estimate of drug-likeness (QED) is 0.187. The molecule has 2 heterocycles. The first kappa shape index (κ1) is 31.1. The van der Waals surface area contributed by atoms with Gasteiger partial charge >= 0.3 is 0 Å². The number of pyridine rings is 1. The fourth-order valence-corrected chi connectivity index (χ4v) is 6.60. The first-order valence-corrected chi connectivity index (χ1v) is 16.6. The van der Waals surface area contributed by atoms with Gasteiger partial charge in [0.25, 0.3) is 5.91 Å². The number of aromatic nitrogens is 1. The average molecular weight is 655 g/mol. The van der Waals surface area contributed by atoms with Gasteiger partial charge < -0.3 is 15.9 Å². The fraction of sp³-hybridized carbons (Fsp3) is 0.138. The first-order valence-electron chi connectivity index (χ1n) is 13.1. The smallest absolute Gasteiger partial charge is 0.274 e. The van der Waals surface area contributed by atoms with Crippen LogP contribution in [0.25, 0.3) is 11.1 Å². The van der Waals surface area contributed by atoms with E-state index in [0.717, 1.165) is 0 Å². The van der Waals surface area contributed by atoms with Crippen LogP contribution in [0.1, 0.15) is 17.5 Å². The number of amides is 1. The van der Waals surface area contributed by atoms with Gasteiger partial charge in [0.05, 0.1) is 33.6 Å². The highest BCUT2D eigenvalue weighted by molar-refractivity contribution is 7.89. The van der Waals surface area contributed by atoms with E-state index in [-0.39, 0.29) is 22.9 Å². The third-order valence-electron chi connectivity index (χ3n) is 6.81. The molecule has 0 aliphatic carbocycles. The van der Waals surface area contributed by atoms with E-state index in [4.69, 9.17) is 27.3 Å². The van der Waals surface area contributed by atoms with E-state index >= 15 is 0 Å². The molecule has 1 aliphatic heterocycles. The Morgan fingerprint density at radius 2 is 1.66 bits per heavy atom. The van der Waals surface area contributed by atoms with Gasteiger partial charge in [-0.1, -0.05) is 71.4 Å². The fourth-order valence-electron chi connectivity index (χ4n) is 4.53. The standard InChI is InChI=1S/C29H27ClN6O6S2/c30-23-12-10-20(14-24(23)31)25-15-29(42-36-25,18-34-43(38,39)17-19-6-2-1-3-7-19)28(37)35-27-13-11-21(16-33-27)22-8-4-5-9-26(22)44(32,40)41/h1-14,16,34H,15,17-18,31H2,(H2,32,40,41)(H,33,35,37). The predicted octanol–water partition coefficient (Wildman–Crippen LogP) is 3.25. The molecule has 1 aromatic heterocycles. The van der Waals surface area contributed by atoms with E-state index in [9.17, 15) is 21.6 Å². The van der Waals surface area contributed by atoms with Crippen molar-refractivity contribution >= 4 is 54.8 Å². The highest BCUT2D eigenvalue weighted by atomic mass is 35.5. The summed E-state index contributed by atoms with van der Waals surface area (Å²) in [6, 6.07) is 22.6. The molecule has 5 rings (SSSR count). The molecule has 228 valence electrons. The maximum Gasteiger partial charge on any atom is 0.274 e. The molecule has 4 aromatic rings. The highest BCUT2D eigenvalue weighted by Crippen LogP contribution is 2.31. The summed E-state index contributed by atoms with van der Waals surface area (Å²) in [6.07, 6.45) is 1.27. The van der Waals surface area contributed by atoms with E-state index in [1.807, 2.05) is 0 Å². The van der Waals surface area contributed by atoms with Gasteiger partial charge in [0.2, 0.25) is 25.6 Å². The first-order chi connectivity index (χ1) is 20.9. The summed E-state index contributed by atoms with van der Waals surface area (Å²) in [6.45, 7) is -0.441. The molecule has 1 atom stereocenters. The van der Waals surface area contributed by atoms with Crippen molar-refractivity contribution in [2.45, 2.75) is 22.7 Å². The van der Waals surface area contributed by atoms with Crippen molar-refractivity contribution in [1.82, 2.24) is 9.71 Å². The molecule has 0 bridgehead atoms. The van der Waals surface area contributed by atoms with Crippen LogP contribution in [0.4, 0.5) is 11.5 Å². The van der Waals surface area contributed by atoms with Crippen molar-refractivity contribution in [2.24, 2.45) is 10.3 Å². The van der Waals surface area contributed by atoms with Gasteiger partial charge in [0.1, 0.15) is 5.82 Å². The molecule has 0 saturated heterocycles. The third-order valence-corrected chi connectivity index (χ3v) is 9.42. The molecule has 6 N–H and O–H groups in total. The van der Waals surface area contributed by atoms with Gasteiger partial charge in [0, 0.05) is 29.3 Å². The molecule has 1 amide bonds. The molecule has 12 nitrogen and oxygen atoms in total. The van der Waals surface area contributed by atoms with E-state index in [1.54, 1.807) is 72.8 Å². The number of sulfonamides is 2. The monoisotopic (exact) mass is 654 g/mol. The minimum absolute atomic E-state index is 0.0767. The second kappa shape index (κ2) is 12.3. The molecule has 0 saturated carbocycles. The summed E-state index contributed by atoms with van der Waals surface area (Å²) in [5.74, 6) is -0.923. The van der Waals surface area contributed by atoms with Crippen LogP contribution in [-0.4, -0.2) is 45.6 Å². The summed E-state index contributed by atoms with van der Waals surface area (Å²) >= 11 is 6.05. The van der Waals surface area contributed by atoms with E-state index in [1.165, 1.54) is 18.3 Å². The van der Waals surface area contributed by atoms with E-state index < -0.39 is 38.1 Å². The van der Waals surface area contributed by atoms with Gasteiger partial charge in [-0.15, -0.1) is 0 Å². The number of nitrogens with two attached hydrogens (primary N) is 2. The van der Waals surface area contributed by atoms with Crippen LogP contribution >= 0.6 is 11.6 Å². The number of oxime groups is 1. The van der Waals surface area contributed by atoms with Crippen molar-refractivity contribution < 1.29 is 26.5 Å². The van der Waals surface area contributed by atoms with Gasteiger partial charge in [-0.2, -0.15) is 0 Å². The topological polar surface area (TPSA) is 196 Å². The summed E-state index contributed by atoms with van der Waals surface area (Å²) in [7, 11) is -7.89. The SMILES string of the molecule is Nc1cc(C2=NOC(CNS(=O)(=O)Cc3ccccc3)(C(=O)Nc3ccc(-c4ccccc4S(N)(=O)=O)cn3)C2)ccc1Cl. The van der Waals surface area contributed by atoms with Crippen molar-refractivity contribution in [3.8, 4) is 11.1 Å². The number of hydrogen-bond donors (Lipinski definition) is 4. The number of carbonyl (C=O) groups excluding carboxylic acids is 1. The number of nitrogens with one attached hydrogen (secondary N) is 2. The van der Waals surface area contributed by atoms with Gasteiger partial charge in [0.15, 0.2) is 0 Å². The second-order valence-corrected chi connectivity index (χ2v) is 13.8. The molecule has 0 radical (unpaired) electrons. The molecule has 0 spiro atoms. The van der Waals surface area contributed by atoms with Crippen LogP contribution in [0.2, 0.25) is 5.02 Å². The Morgan fingerprint density at radius 3 is 2.34 bits per heavy atom. The van der Waals surface area contributed by atoms with Crippen molar-refractivity contribution in [1.29, 1.82) is 0 Å². The minimum Gasteiger partial charge on any atom is -0.398 e. The molecule has 0 fully saturated rings. The zero-order valence-corrected chi connectivity index (χ0v) is 25.4. The summed E-state index contributed by atoms with van der Waals surface area (Å²) < 4.78 is 52.5. The zero-order valence-electron chi connectivity index (χ0n) is 23.0. The molecular formula is C29H27ClN6O6S2. The lowest BCUT2D eigenvalue weighted by molar-refractivity contribution is -0.137. The number of halogens is 1. The number of carbonyl (C=O) groups is 1. The summed E-state index contributed by atoms with van der Waals surface area (Å²) in [5, 5.41) is 12.4. The van der Waals surface area contributed by atoms with Gasteiger partial charge in [-0.25, -0.2) is 31.7 Å². The Kier molecular flexibility index (Phi) is 8.72. The van der Waals surface area contributed by atoms with Gasteiger partial charge in [-0.3, -0.25) is 4.79 Å².